The zero-order chi connectivity index (χ0) is 54.1. The van der Waals surface area contributed by atoms with E-state index in [9.17, 15) is 0 Å². The summed E-state index contributed by atoms with van der Waals surface area (Å²) in [7, 11) is 0. The fourth-order valence-electron chi connectivity index (χ4n) is 7.71. The Morgan fingerprint density at radius 2 is 0.494 bits per heavy atom. The van der Waals surface area contributed by atoms with Crippen molar-refractivity contribution in [2.75, 3.05) is 0 Å². The van der Waals surface area contributed by atoms with Gasteiger partial charge in [0.15, 0.2) is 0 Å². The Hall–Kier alpha value is -7.17. The van der Waals surface area contributed by atoms with Crippen LogP contribution in [0.2, 0.25) is 0 Å². The van der Waals surface area contributed by atoms with Crippen molar-refractivity contribution >= 4 is 0 Å². The molecule has 0 saturated heterocycles. The Balaban J connectivity index is 0.000000172. The molecule has 0 aliphatic carbocycles. The zero-order valence-electron chi connectivity index (χ0n) is 45.3. The molecule has 0 atom stereocenters. The minimum absolute atomic E-state index is 0. The summed E-state index contributed by atoms with van der Waals surface area (Å²) in [6, 6.07) is 69.6. The van der Waals surface area contributed by atoms with E-state index in [2.05, 4.69) is 99.8 Å². The van der Waals surface area contributed by atoms with Crippen LogP contribution in [-0.4, -0.2) is 81.6 Å². The van der Waals surface area contributed by atoms with E-state index in [1.165, 1.54) is 0 Å². The van der Waals surface area contributed by atoms with Gasteiger partial charge in [-0.05, 0) is 49.9 Å². The SMILES string of the molecule is Cc1ccc[c-]c1-c1nnc(-c2[c-]cccc2)nn1.Cc1ccc[c-]c1-c1nnc(-c2ccccc2C)nn1.Cc1ccccc1-c1nnc(-c2ccccc2)nn1.Cc1ccccc1-c1nnc(-c2ccccc2C)nn1.[Y].[Y].[Y]. The van der Waals surface area contributed by atoms with Crippen molar-refractivity contribution < 1.29 is 98.1 Å². The number of hydrogen-bond donors (Lipinski definition) is 0. The molecule has 3 radical (unpaired) electrons. The third-order valence-corrected chi connectivity index (χ3v) is 12.0. The molecule has 0 saturated carbocycles. The summed E-state index contributed by atoms with van der Waals surface area (Å²) in [5, 5.41) is 66.5. The summed E-state index contributed by atoms with van der Waals surface area (Å²) >= 11 is 0. The minimum atomic E-state index is 0. The fraction of sp³-hybridized carbons (Fsp3) is 0.0968. The first-order valence-corrected chi connectivity index (χ1v) is 24.7. The summed E-state index contributed by atoms with van der Waals surface area (Å²) < 4.78 is 0. The third kappa shape index (κ3) is 16.9. The van der Waals surface area contributed by atoms with Crippen molar-refractivity contribution in [2.24, 2.45) is 0 Å². The predicted molar refractivity (Wildman–Crippen MR) is 299 cm³/mol. The van der Waals surface area contributed by atoms with E-state index in [1.807, 2.05) is 230 Å². The summed E-state index contributed by atoms with van der Waals surface area (Å²) in [4.78, 5) is 0. The summed E-state index contributed by atoms with van der Waals surface area (Å²) in [5.74, 6) is 4.20. The molecule has 0 N–H and O–H groups in total. The van der Waals surface area contributed by atoms with Gasteiger partial charge in [-0.2, -0.15) is 30.6 Å². The van der Waals surface area contributed by atoms with E-state index >= 15 is 0 Å². The number of hydrogen-bond acceptors (Lipinski definition) is 16. The van der Waals surface area contributed by atoms with Crippen LogP contribution in [0.15, 0.2) is 188 Å². The number of aryl methyl sites for hydroxylation is 6. The molecule has 0 amide bonds. The van der Waals surface area contributed by atoms with Crippen molar-refractivity contribution in [3.63, 3.8) is 0 Å². The van der Waals surface area contributed by atoms with Crippen molar-refractivity contribution in [3.8, 4) is 91.1 Å². The van der Waals surface area contributed by atoms with Crippen molar-refractivity contribution in [2.45, 2.75) is 41.5 Å². The smallest absolute Gasteiger partial charge is 0.187 e. The Bertz CT molecular complexity index is 3480. The second-order valence-electron chi connectivity index (χ2n) is 17.5. The first kappa shape index (κ1) is 63.0. The van der Waals surface area contributed by atoms with E-state index in [1.54, 1.807) is 0 Å². The van der Waals surface area contributed by atoms with Crippen LogP contribution in [0.5, 0.6) is 0 Å². The molecule has 0 unspecified atom stereocenters. The van der Waals surface area contributed by atoms with Crippen LogP contribution in [0.3, 0.4) is 0 Å². The number of rotatable bonds is 8. The quantitative estimate of drug-likeness (QED) is 0.130. The predicted octanol–water partition coefficient (Wildman–Crippen LogP) is 11.6. The Kier molecular flexibility index (Phi) is 24.7. The summed E-state index contributed by atoms with van der Waals surface area (Å²) in [6.45, 7) is 12.0. The van der Waals surface area contributed by atoms with E-state index in [4.69, 9.17) is 0 Å². The van der Waals surface area contributed by atoms with E-state index in [0.717, 1.165) is 77.9 Å². The monoisotopic (exact) mass is 1280 g/mol. The van der Waals surface area contributed by atoms with Crippen LogP contribution in [0, 0.1) is 59.7 Å². The fourth-order valence-corrected chi connectivity index (χ4v) is 7.71. The van der Waals surface area contributed by atoms with Crippen LogP contribution in [0.25, 0.3) is 91.1 Å². The molecular formula is C62H49N16Y3-3. The van der Waals surface area contributed by atoms with Crippen molar-refractivity contribution in [1.29, 1.82) is 0 Å². The van der Waals surface area contributed by atoms with Gasteiger partial charge in [-0.3, -0.25) is 0 Å². The third-order valence-electron chi connectivity index (χ3n) is 12.0. The topological polar surface area (TPSA) is 206 Å². The minimum Gasteiger partial charge on any atom is -0.187 e. The van der Waals surface area contributed by atoms with Crippen LogP contribution >= 0.6 is 0 Å². The molecule has 389 valence electrons. The van der Waals surface area contributed by atoms with E-state index < -0.39 is 0 Å². The molecule has 8 aromatic carbocycles. The second-order valence-corrected chi connectivity index (χ2v) is 17.5. The van der Waals surface area contributed by atoms with Crippen LogP contribution in [0.1, 0.15) is 33.4 Å². The van der Waals surface area contributed by atoms with Crippen LogP contribution < -0.4 is 0 Å². The first-order valence-electron chi connectivity index (χ1n) is 24.7. The number of aromatic nitrogens is 16. The molecule has 0 aliphatic rings. The number of nitrogens with zero attached hydrogens (tertiary/aromatic N) is 16. The Morgan fingerprint density at radius 3 is 0.815 bits per heavy atom. The maximum absolute atomic E-state index is 4.20. The largest absolute Gasteiger partial charge is 0.203 e. The molecule has 0 spiro atoms. The van der Waals surface area contributed by atoms with Gasteiger partial charge in [0.25, 0.3) is 0 Å². The molecular weight excluding hydrogens is 1240 g/mol. The van der Waals surface area contributed by atoms with Gasteiger partial charge in [0.2, 0.25) is 29.1 Å². The van der Waals surface area contributed by atoms with Gasteiger partial charge in [-0.15, -0.1) is 147 Å². The first-order chi connectivity index (χ1) is 38.2. The van der Waals surface area contributed by atoms with Gasteiger partial charge < -0.3 is 0 Å². The standard InChI is InChI=1S/C16H14N4.C16H13N4.C15H12N4.C15H10N4.3Y/c2*1-11-7-3-5-9-13(11)15-17-19-16(20-18-15)14-10-6-4-8-12(14)2;2*1-11-7-5-6-10-13(11)15-18-16-14(17-19-15)12-8-3-2-4-9-12;;;/h3-10H,1-2H3;3-9H,1-2H3;2-10H,1H3;2-8H,1H3;;;/q;-1;;-2;;;. The summed E-state index contributed by atoms with van der Waals surface area (Å²) in [6.07, 6.45) is 0. The summed E-state index contributed by atoms with van der Waals surface area (Å²) in [5.41, 5.74) is 13.7. The average Bonchev–Trinajstić information content (AvgIpc) is 3.51. The van der Waals surface area contributed by atoms with Crippen LogP contribution in [0.4, 0.5) is 0 Å². The van der Waals surface area contributed by atoms with Crippen LogP contribution in [-0.2, 0) is 98.1 Å². The van der Waals surface area contributed by atoms with Gasteiger partial charge in [0.05, 0.1) is 0 Å². The van der Waals surface area contributed by atoms with Crippen molar-refractivity contribution in [1.82, 2.24) is 81.6 Å². The molecule has 81 heavy (non-hydrogen) atoms. The molecule has 0 fully saturated rings. The normalized spacial score (nSPS) is 10.0. The van der Waals surface area contributed by atoms with E-state index in [-0.39, 0.29) is 98.1 Å². The maximum Gasteiger partial charge on any atom is 0.203 e. The maximum atomic E-state index is 4.20. The average molecular weight is 1280 g/mol. The molecule has 12 aromatic rings. The second kappa shape index (κ2) is 31.7. The molecule has 16 nitrogen and oxygen atoms in total. The Morgan fingerprint density at radius 1 is 0.222 bits per heavy atom. The molecule has 0 bridgehead atoms. The van der Waals surface area contributed by atoms with Gasteiger partial charge in [-0.1, -0.05) is 152 Å². The molecule has 19 heteroatoms. The number of benzene rings is 8. The Labute approximate surface area is 546 Å². The van der Waals surface area contributed by atoms with Crippen molar-refractivity contribution in [3.05, 3.63) is 240 Å². The van der Waals surface area contributed by atoms with Gasteiger partial charge in [-0.25, -0.2) is 0 Å². The van der Waals surface area contributed by atoms with Gasteiger partial charge in [0.1, 0.15) is 17.5 Å². The zero-order valence-corrected chi connectivity index (χ0v) is 53.8. The molecule has 0 aliphatic heterocycles. The van der Waals surface area contributed by atoms with E-state index in [0.29, 0.717) is 46.6 Å². The molecule has 4 heterocycles. The molecule has 12 rings (SSSR count). The van der Waals surface area contributed by atoms with Gasteiger partial charge >= 0.3 is 0 Å². The van der Waals surface area contributed by atoms with Gasteiger partial charge in [0, 0.05) is 126 Å². The molecule has 4 aromatic heterocycles.